The lowest BCUT2D eigenvalue weighted by Gasteiger charge is -2.24. The number of ether oxygens (including phenoxy) is 1. The highest BCUT2D eigenvalue weighted by atomic mass is 16.5. The number of hydrogen-bond donors (Lipinski definition) is 2. The summed E-state index contributed by atoms with van der Waals surface area (Å²) in [4.78, 5) is 0. The van der Waals surface area contributed by atoms with E-state index in [0.717, 1.165) is 45.0 Å². The van der Waals surface area contributed by atoms with Crippen LogP contribution in [0.4, 0.5) is 0 Å². The third-order valence-corrected chi connectivity index (χ3v) is 4.11. The largest absolute Gasteiger partial charge is 0.493 e. The number of hydrogen-bond acceptors (Lipinski definition) is 3. The number of nitrogens with one attached hydrogen (secondary N) is 2. The predicted octanol–water partition coefficient (Wildman–Crippen LogP) is 1.71. The summed E-state index contributed by atoms with van der Waals surface area (Å²) in [5.41, 5.74) is 3.17. The topological polar surface area (TPSA) is 33.3 Å². The van der Waals surface area contributed by atoms with Crippen LogP contribution in [0.2, 0.25) is 0 Å². The highest BCUT2D eigenvalue weighted by Crippen LogP contribution is 2.27. The summed E-state index contributed by atoms with van der Waals surface area (Å²) in [7, 11) is 0. The van der Waals surface area contributed by atoms with Crippen molar-refractivity contribution in [3.8, 4) is 5.75 Å². The van der Waals surface area contributed by atoms with Crippen LogP contribution in [-0.4, -0.2) is 26.2 Å². The molecule has 0 aliphatic carbocycles. The van der Waals surface area contributed by atoms with Crippen molar-refractivity contribution < 1.29 is 4.74 Å². The van der Waals surface area contributed by atoms with Crippen LogP contribution >= 0.6 is 0 Å². The van der Waals surface area contributed by atoms with Gasteiger partial charge in [0.05, 0.1) is 6.61 Å². The quantitative estimate of drug-likeness (QED) is 0.852. The fraction of sp³-hybridized carbons (Fsp3) is 0.600. The molecule has 18 heavy (non-hydrogen) atoms. The first-order valence-electron chi connectivity index (χ1n) is 6.91. The first-order chi connectivity index (χ1) is 8.75. The first kappa shape index (κ1) is 12.0. The molecular weight excluding hydrogens is 224 g/mol. The van der Waals surface area contributed by atoms with Crippen LogP contribution in [-0.2, 0) is 13.0 Å². The number of fused-ring (bicyclic) bond motifs is 1. The molecular formula is C15H22N2O. The van der Waals surface area contributed by atoms with Gasteiger partial charge in [-0.05, 0) is 49.2 Å². The van der Waals surface area contributed by atoms with Gasteiger partial charge in [0.25, 0.3) is 0 Å². The van der Waals surface area contributed by atoms with E-state index in [1.54, 1.807) is 0 Å². The summed E-state index contributed by atoms with van der Waals surface area (Å²) in [6, 6.07) is 6.53. The molecule has 1 atom stereocenters. The molecule has 3 rings (SSSR count). The molecule has 2 aliphatic rings. The van der Waals surface area contributed by atoms with E-state index in [-0.39, 0.29) is 0 Å². The summed E-state index contributed by atoms with van der Waals surface area (Å²) >= 11 is 0. The van der Waals surface area contributed by atoms with Gasteiger partial charge in [-0.2, -0.15) is 0 Å². The molecule has 98 valence electrons. The maximum Gasteiger partial charge on any atom is 0.119 e. The fourth-order valence-electron chi connectivity index (χ4n) is 2.79. The highest BCUT2D eigenvalue weighted by Gasteiger charge is 2.29. The van der Waals surface area contributed by atoms with Crippen molar-refractivity contribution in [1.82, 2.24) is 10.6 Å². The zero-order chi connectivity index (χ0) is 12.4. The Morgan fingerprint density at radius 3 is 3.00 bits per heavy atom. The average molecular weight is 246 g/mol. The Balaban J connectivity index is 1.66. The van der Waals surface area contributed by atoms with Crippen LogP contribution in [0.3, 0.4) is 0 Å². The van der Waals surface area contributed by atoms with Gasteiger partial charge in [-0.25, -0.2) is 0 Å². The molecule has 0 radical (unpaired) electrons. The zero-order valence-electron chi connectivity index (χ0n) is 11.1. The maximum atomic E-state index is 6.00. The van der Waals surface area contributed by atoms with Crippen LogP contribution in [0, 0.1) is 5.41 Å². The van der Waals surface area contributed by atoms with E-state index >= 15 is 0 Å². The second kappa shape index (κ2) is 4.90. The van der Waals surface area contributed by atoms with Gasteiger partial charge in [0.2, 0.25) is 0 Å². The molecule has 0 saturated carbocycles. The Bertz CT molecular complexity index is 425. The molecule has 0 spiro atoms. The molecule has 3 heteroatoms. The lowest BCUT2D eigenvalue weighted by molar-refractivity contribution is 0.180. The highest BCUT2D eigenvalue weighted by molar-refractivity contribution is 5.37. The third-order valence-electron chi connectivity index (χ3n) is 4.11. The van der Waals surface area contributed by atoms with Crippen molar-refractivity contribution in [3.05, 3.63) is 29.3 Å². The van der Waals surface area contributed by atoms with E-state index in [4.69, 9.17) is 4.74 Å². The minimum absolute atomic E-state index is 0.303. The predicted molar refractivity (Wildman–Crippen MR) is 72.9 cm³/mol. The average Bonchev–Trinajstić information content (AvgIpc) is 2.84. The summed E-state index contributed by atoms with van der Waals surface area (Å²) in [6.07, 6.45) is 2.33. The maximum absolute atomic E-state index is 6.00. The number of rotatable bonds is 3. The molecule has 2 heterocycles. The molecule has 0 amide bonds. The van der Waals surface area contributed by atoms with Gasteiger partial charge in [-0.1, -0.05) is 13.0 Å². The molecule has 1 saturated heterocycles. The van der Waals surface area contributed by atoms with Crippen molar-refractivity contribution in [3.63, 3.8) is 0 Å². The van der Waals surface area contributed by atoms with Crippen LogP contribution in [0.15, 0.2) is 18.2 Å². The lowest BCUT2D eigenvalue weighted by atomic mass is 9.91. The monoisotopic (exact) mass is 246 g/mol. The molecule has 0 aromatic heterocycles. The van der Waals surface area contributed by atoms with Gasteiger partial charge in [0.1, 0.15) is 5.75 Å². The zero-order valence-corrected chi connectivity index (χ0v) is 11.1. The molecule has 1 aromatic rings. The molecule has 2 aliphatic heterocycles. The first-order valence-corrected chi connectivity index (χ1v) is 6.91. The second-order valence-electron chi connectivity index (χ2n) is 5.88. The third kappa shape index (κ3) is 2.52. The van der Waals surface area contributed by atoms with Gasteiger partial charge in [-0.3, -0.25) is 0 Å². The summed E-state index contributed by atoms with van der Waals surface area (Å²) < 4.78 is 6.00. The Kier molecular flexibility index (Phi) is 3.27. The molecule has 2 N–H and O–H groups in total. The molecule has 3 nitrogen and oxygen atoms in total. The van der Waals surface area contributed by atoms with Gasteiger partial charge < -0.3 is 15.4 Å². The van der Waals surface area contributed by atoms with Crippen LogP contribution < -0.4 is 15.4 Å². The van der Waals surface area contributed by atoms with E-state index in [0.29, 0.717) is 5.41 Å². The number of benzene rings is 1. The summed E-state index contributed by atoms with van der Waals surface area (Å²) in [6.45, 7) is 7.39. The minimum Gasteiger partial charge on any atom is -0.493 e. The van der Waals surface area contributed by atoms with E-state index in [2.05, 4.69) is 35.8 Å². The Hall–Kier alpha value is -1.06. The molecule has 0 bridgehead atoms. The van der Waals surface area contributed by atoms with Gasteiger partial charge in [-0.15, -0.1) is 0 Å². The van der Waals surface area contributed by atoms with Gasteiger partial charge in [0, 0.05) is 18.5 Å². The fourth-order valence-corrected chi connectivity index (χ4v) is 2.79. The summed E-state index contributed by atoms with van der Waals surface area (Å²) in [5.74, 6) is 1.03. The van der Waals surface area contributed by atoms with E-state index in [1.807, 2.05) is 0 Å². The van der Waals surface area contributed by atoms with Crippen LogP contribution in [0.1, 0.15) is 24.5 Å². The Labute approximate surface area is 109 Å². The molecule has 1 unspecified atom stereocenters. The van der Waals surface area contributed by atoms with Gasteiger partial charge >= 0.3 is 0 Å². The summed E-state index contributed by atoms with van der Waals surface area (Å²) in [5, 5.41) is 6.80. The normalized spacial score (nSPS) is 26.9. The van der Waals surface area contributed by atoms with Crippen LogP contribution in [0.25, 0.3) is 0 Å². The molecule has 1 fully saturated rings. The van der Waals surface area contributed by atoms with Crippen molar-refractivity contribution in [2.75, 3.05) is 26.2 Å². The van der Waals surface area contributed by atoms with Crippen molar-refractivity contribution in [2.24, 2.45) is 5.41 Å². The van der Waals surface area contributed by atoms with E-state index in [1.165, 1.54) is 17.5 Å². The second-order valence-corrected chi connectivity index (χ2v) is 5.88. The lowest BCUT2D eigenvalue weighted by Crippen LogP contribution is -2.27. The van der Waals surface area contributed by atoms with E-state index in [9.17, 15) is 0 Å². The van der Waals surface area contributed by atoms with Gasteiger partial charge in [0.15, 0.2) is 0 Å². The Morgan fingerprint density at radius 2 is 2.17 bits per heavy atom. The van der Waals surface area contributed by atoms with Crippen molar-refractivity contribution in [1.29, 1.82) is 0 Å². The smallest absolute Gasteiger partial charge is 0.119 e. The van der Waals surface area contributed by atoms with E-state index < -0.39 is 0 Å². The van der Waals surface area contributed by atoms with Crippen LogP contribution in [0.5, 0.6) is 5.75 Å². The standard InChI is InChI=1S/C15H22N2O/c1-15(5-7-17-10-15)11-18-14-3-2-13-9-16-6-4-12(13)8-14/h2-3,8,16-17H,4-7,9-11H2,1H3. The SMILES string of the molecule is CC1(COc2ccc3c(c2)CCNC3)CCNC1. The minimum atomic E-state index is 0.303. The Morgan fingerprint density at radius 1 is 1.22 bits per heavy atom. The van der Waals surface area contributed by atoms with Crippen molar-refractivity contribution >= 4 is 0 Å². The molecule has 1 aromatic carbocycles. The van der Waals surface area contributed by atoms with Crippen molar-refractivity contribution in [2.45, 2.75) is 26.3 Å².